The molecular formula is C13H17N3O5S2. The lowest BCUT2D eigenvalue weighted by molar-refractivity contribution is 0.373. The summed E-state index contributed by atoms with van der Waals surface area (Å²) in [5.74, 6) is -0.206. The molecule has 0 aliphatic carbocycles. The molecule has 126 valence electrons. The Morgan fingerprint density at radius 1 is 1.13 bits per heavy atom. The van der Waals surface area contributed by atoms with Crippen LogP contribution in [0.5, 0.6) is 0 Å². The van der Waals surface area contributed by atoms with Crippen LogP contribution in [0.15, 0.2) is 40.0 Å². The first-order chi connectivity index (χ1) is 10.7. The minimum absolute atomic E-state index is 0.103. The highest BCUT2D eigenvalue weighted by Gasteiger charge is 2.23. The molecule has 1 atom stereocenters. The predicted molar refractivity (Wildman–Crippen MR) is 82.9 cm³/mol. The first-order valence-electron chi connectivity index (χ1n) is 6.75. The average molecular weight is 359 g/mol. The van der Waals surface area contributed by atoms with E-state index in [4.69, 9.17) is 4.42 Å². The van der Waals surface area contributed by atoms with Gasteiger partial charge in [-0.05, 0) is 18.9 Å². The molecule has 0 aliphatic rings. The van der Waals surface area contributed by atoms with Crippen LogP contribution in [-0.4, -0.2) is 39.0 Å². The topological polar surface area (TPSA) is 119 Å². The summed E-state index contributed by atoms with van der Waals surface area (Å²) in [5, 5.41) is 6.42. The van der Waals surface area contributed by atoms with Crippen molar-refractivity contribution in [1.82, 2.24) is 14.9 Å². The van der Waals surface area contributed by atoms with Crippen LogP contribution in [0, 0.1) is 0 Å². The predicted octanol–water partition coefficient (Wildman–Crippen LogP) is 0.696. The molecule has 0 saturated carbocycles. The van der Waals surface area contributed by atoms with E-state index in [9.17, 15) is 16.8 Å². The minimum Gasteiger partial charge on any atom is -0.411 e. The molecule has 0 saturated heterocycles. The number of aryl methyl sites for hydroxylation is 1. The summed E-state index contributed by atoms with van der Waals surface area (Å²) in [5.41, 5.74) is 0.905. The number of hydrogen-bond acceptors (Lipinski definition) is 7. The molecule has 0 radical (unpaired) electrons. The molecule has 0 aliphatic heterocycles. The van der Waals surface area contributed by atoms with Crippen LogP contribution in [0.1, 0.15) is 24.4 Å². The van der Waals surface area contributed by atoms with Crippen molar-refractivity contribution in [3.05, 3.63) is 41.8 Å². The Morgan fingerprint density at radius 2 is 1.78 bits per heavy atom. The molecule has 0 amide bonds. The average Bonchev–Trinajstić information content (AvgIpc) is 2.96. The van der Waals surface area contributed by atoms with Gasteiger partial charge in [-0.25, -0.2) is 21.6 Å². The van der Waals surface area contributed by atoms with Gasteiger partial charge < -0.3 is 4.42 Å². The van der Waals surface area contributed by atoms with E-state index in [1.54, 1.807) is 0 Å². The van der Waals surface area contributed by atoms with Gasteiger partial charge in [0.2, 0.25) is 25.8 Å². The van der Waals surface area contributed by atoms with Crippen molar-refractivity contribution in [3.8, 4) is 0 Å². The van der Waals surface area contributed by atoms with E-state index < -0.39 is 31.1 Å². The maximum absolute atomic E-state index is 12.1. The van der Waals surface area contributed by atoms with Crippen molar-refractivity contribution in [3.63, 3.8) is 0 Å². The number of nitrogens with one attached hydrogen (secondary N) is 1. The molecular weight excluding hydrogens is 342 g/mol. The zero-order valence-corrected chi connectivity index (χ0v) is 14.3. The second-order valence-electron chi connectivity index (χ2n) is 5.07. The fourth-order valence-electron chi connectivity index (χ4n) is 1.82. The number of hydrogen-bond donors (Lipinski definition) is 1. The third kappa shape index (κ3) is 5.12. The molecule has 2 rings (SSSR count). The molecule has 0 fully saturated rings. The number of sulfonamides is 1. The molecule has 1 heterocycles. The molecule has 0 spiro atoms. The SMILES string of the molecule is C[C@H](NS(=O)(=O)CCc1ccccc1)c1nnc(S(C)(=O)=O)o1. The summed E-state index contributed by atoms with van der Waals surface area (Å²) >= 11 is 0. The summed E-state index contributed by atoms with van der Waals surface area (Å²) in [6.45, 7) is 1.50. The van der Waals surface area contributed by atoms with Crippen LogP contribution in [0.3, 0.4) is 0 Å². The van der Waals surface area contributed by atoms with E-state index in [0.717, 1.165) is 11.8 Å². The fraction of sp³-hybridized carbons (Fsp3) is 0.385. The Balaban J connectivity index is 2.01. The Hall–Kier alpha value is -1.78. The minimum atomic E-state index is -3.62. The van der Waals surface area contributed by atoms with Crippen LogP contribution in [-0.2, 0) is 26.3 Å². The summed E-state index contributed by atoms with van der Waals surface area (Å²) in [7, 11) is -7.20. The monoisotopic (exact) mass is 359 g/mol. The summed E-state index contributed by atoms with van der Waals surface area (Å²) < 4.78 is 54.1. The maximum Gasteiger partial charge on any atom is 0.335 e. The van der Waals surface area contributed by atoms with Crippen molar-refractivity contribution in [1.29, 1.82) is 0 Å². The van der Waals surface area contributed by atoms with Crippen molar-refractivity contribution in [2.45, 2.75) is 24.6 Å². The first-order valence-corrected chi connectivity index (χ1v) is 10.3. The van der Waals surface area contributed by atoms with Gasteiger partial charge in [-0.2, -0.15) is 0 Å². The molecule has 10 heteroatoms. The van der Waals surface area contributed by atoms with Crippen molar-refractivity contribution in [2.24, 2.45) is 0 Å². The number of aromatic nitrogens is 2. The van der Waals surface area contributed by atoms with Gasteiger partial charge in [0, 0.05) is 6.26 Å². The first kappa shape index (κ1) is 17.6. The van der Waals surface area contributed by atoms with E-state index in [1.165, 1.54) is 6.92 Å². The lowest BCUT2D eigenvalue weighted by Gasteiger charge is -2.10. The Bertz CT molecular complexity index is 860. The van der Waals surface area contributed by atoms with Gasteiger partial charge in [0.05, 0.1) is 11.8 Å². The van der Waals surface area contributed by atoms with E-state index in [-0.39, 0.29) is 11.6 Å². The van der Waals surface area contributed by atoms with E-state index in [1.807, 2.05) is 30.3 Å². The molecule has 2 aromatic rings. The third-order valence-electron chi connectivity index (χ3n) is 2.97. The van der Waals surface area contributed by atoms with Crippen molar-refractivity contribution in [2.75, 3.05) is 12.0 Å². The number of benzene rings is 1. The molecule has 8 nitrogen and oxygen atoms in total. The quantitative estimate of drug-likeness (QED) is 0.772. The fourth-order valence-corrected chi connectivity index (χ4v) is 3.51. The lowest BCUT2D eigenvalue weighted by Crippen LogP contribution is -2.30. The Morgan fingerprint density at radius 3 is 2.35 bits per heavy atom. The summed E-state index contributed by atoms with van der Waals surface area (Å²) in [6.07, 6.45) is 1.29. The summed E-state index contributed by atoms with van der Waals surface area (Å²) in [6, 6.07) is 8.39. The molecule has 1 aromatic heterocycles. The standard InChI is InChI=1S/C13H17N3O5S2/c1-10(12-14-15-13(21-12)22(2,17)18)16-23(19,20)9-8-11-6-4-3-5-7-11/h3-7,10,16H,8-9H2,1-2H3/t10-/m0/s1. The van der Waals surface area contributed by atoms with Gasteiger partial charge in [0.1, 0.15) is 0 Å². The van der Waals surface area contributed by atoms with E-state index in [0.29, 0.717) is 6.42 Å². The second-order valence-corrected chi connectivity index (χ2v) is 8.84. The van der Waals surface area contributed by atoms with Crippen molar-refractivity contribution < 1.29 is 21.3 Å². The zero-order chi connectivity index (χ0) is 17.1. The largest absolute Gasteiger partial charge is 0.411 e. The molecule has 0 bridgehead atoms. The smallest absolute Gasteiger partial charge is 0.335 e. The van der Waals surface area contributed by atoms with Crippen LogP contribution < -0.4 is 4.72 Å². The number of sulfone groups is 1. The third-order valence-corrected chi connectivity index (χ3v) is 5.22. The van der Waals surface area contributed by atoms with E-state index in [2.05, 4.69) is 14.9 Å². The highest BCUT2D eigenvalue weighted by Crippen LogP contribution is 2.15. The normalized spacial score (nSPS) is 13.8. The highest BCUT2D eigenvalue weighted by atomic mass is 32.2. The Kier molecular flexibility index (Phi) is 5.17. The molecule has 23 heavy (non-hydrogen) atoms. The second kappa shape index (κ2) is 6.77. The Labute approximate surface area is 134 Å². The number of nitrogens with zero attached hydrogens (tertiary/aromatic N) is 2. The molecule has 1 aromatic carbocycles. The maximum atomic E-state index is 12.1. The van der Waals surface area contributed by atoms with Crippen LogP contribution >= 0.6 is 0 Å². The lowest BCUT2D eigenvalue weighted by atomic mass is 10.2. The summed E-state index contributed by atoms with van der Waals surface area (Å²) in [4.78, 5) is 0. The van der Waals surface area contributed by atoms with Crippen LogP contribution in [0.25, 0.3) is 0 Å². The van der Waals surface area contributed by atoms with Crippen LogP contribution in [0.2, 0.25) is 0 Å². The van der Waals surface area contributed by atoms with Gasteiger partial charge >= 0.3 is 5.22 Å². The number of rotatable bonds is 7. The van der Waals surface area contributed by atoms with Gasteiger partial charge in [-0.3, -0.25) is 0 Å². The highest BCUT2D eigenvalue weighted by molar-refractivity contribution is 7.90. The van der Waals surface area contributed by atoms with E-state index >= 15 is 0 Å². The van der Waals surface area contributed by atoms with Crippen LogP contribution in [0.4, 0.5) is 0 Å². The van der Waals surface area contributed by atoms with Crippen molar-refractivity contribution >= 4 is 19.9 Å². The van der Waals surface area contributed by atoms with Gasteiger partial charge in [-0.15, -0.1) is 5.10 Å². The molecule has 0 unspecified atom stereocenters. The molecule has 1 N–H and O–H groups in total. The zero-order valence-electron chi connectivity index (χ0n) is 12.6. The van der Waals surface area contributed by atoms with Gasteiger partial charge in [0.15, 0.2) is 0 Å². The van der Waals surface area contributed by atoms with Gasteiger partial charge in [0.25, 0.3) is 0 Å². The van der Waals surface area contributed by atoms with Gasteiger partial charge in [-0.1, -0.05) is 35.4 Å².